The van der Waals surface area contributed by atoms with E-state index < -0.39 is 5.97 Å². The molecule has 1 N–H and O–H groups in total. The first-order valence-electron chi connectivity index (χ1n) is 5.83. The Hall–Kier alpha value is -3.02. The molecule has 3 rings (SSSR count). The summed E-state index contributed by atoms with van der Waals surface area (Å²) in [6.07, 6.45) is 3.89. The molecule has 0 atom stereocenters. The highest BCUT2D eigenvalue weighted by molar-refractivity contribution is 5.97. The molecule has 2 heterocycles. The standard InChI is InChI=1S/C14H9N3O3/c18-8-9-4-1-2-5-10(9)12-11(13(19)20)16-14-15-6-3-7-17(12)14/h1-8H,(H,19,20). The van der Waals surface area contributed by atoms with E-state index in [9.17, 15) is 14.7 Å². The second kappa shape index (κ2) is 4.58. The van der Waals surface area contributed by atoms with Gasteiger partial charge in [0.15, 0.2) is 12.0 Å². The molecule has 0 radical (unpaired) electrons. The van der Waals surface area contributed by atoms with E-state index in [0.717, 1.165) is 0 Å². The molecular weight excluding hydrogens is 258 g/mol. The summed E-state index contributed by atoms with van der Waals surface area (Å²) in [6.45, 7) is 0. The lowest BCUT2D eigenvalue weighted by Crippen LogP contribution is -2.01. The molecule has 6 nitrogen and oxygen atoms in total. The van der Waals surface area contributed by atoms with Gasteiger partial charge in [-0.25, -0.2) is 14.8 Å². The van der Waals surface area contributed by atoms with Crippen molar-refractivity contribution in [1.82, 2.24) is 14.4 Å². The van der Waals surface area contributed by atoms with Gasteiger partial charge in [-0.05, 0) is 6.07 Å². The smallest absolute Gasteiger partial charge is 0.356 e. The van der Waals surface area contributed by atoms with Gasteiger partial charge in [-0.3, -0.25) is 9.20 Å². The van der Waals surface area contributed by atoms with Crippen LogP contribution in [0.25, 0.3) is 17.0 Å². The fourth-order valence-electron chi connectivity index (χ4n) is 2.11. The Bertz CT molecular complexity index is 823. The van der Waals surface area contributed by atoms with E-state index >= 15 is 0 Å². The monoisotopic (exact) mass is 267 g/mol. The maximum atomic E-state index is 11.4. The van der Waals surface area contributed by atoms with Crippen molar-refractivity contribution in [2.45, 2.75) is 0 Å². The molecule has 3 aromatic rings. The van der Waals surface area contributed by atoms with Crippen molar-refractivity contribution in [2.75, 3.05) is 0 Å². The molecule has 98 valence electrons. The Labute approximate surface area is 113 Å². The minimum Gasteiger partial charge on any atom is -0.476 e. The number of aromatic nitrogens is 3. The molecule has 0 bridgehead atoms. The van der Waals surface area contributed by atoms with Gasteiger partial charge in [0.25, 0.3) is 0 Å². The maximum absolute atomic E-state index is 11.4. The number of benzene rings is 1. The van der Waals surface area contributed by atoms with Gasteiger partial charge in [-0.2, -0.15) is 0 Å². The third-order valence-corrected chi connectivity index (χ3v) is 2.95. The van der Waals surface area contributed by atoms with Crippen molar-refractivity contribution in [3.05, 3.63) is 54.0 Å². The summed E-state index contributed by atoms with van der Waals surface area (Å²) >= 11 is 0. The number of carbonyl (C=O) groups is 2. The minimum atomic E-state index is -1.16. The maximum Gasteiger partial charge on any atom is 0.356 e. The number of carbonyl (C=O) groups excluding carboxylic acids is 1. The molecule has 6 heteroatoms. The van der Waals surface area contributed by atoms with Gasteiger partial charge in [-0.1, -0.05) is 24.3 Å². The number of aromatic carboxylic acids is 1. The number of hydrogen-bond donors (Lipinski definition) is 1. The highest BCUT2D eigenvalue weighted by Gasteiger charge is 2.21. The highest BCUT2D eigenvalue weighted by Crippen LogP contribution is 2.27. The van der Waals surface area contributed by atoms with Crippen LogP contribution >= 0.6 is 0 Å². The van der Waals surface area contributed by atoms with Gasteiger partial charge in [0.05, 0.1) is 5.69 Å². The van der Waals surface area contributed by atoms with Gasteiger partial charge in [0, 0.05) is 23.5 Å². The number of carboxylic acid groups (broad SMARTS) is 1. The van der Waals surface area contributed by atoms with Crippen molar-refractivity contribution >= 4 is 18.0 Å². The Kier molecular flexibility index (Phi) is 2.76. The first-order valence-corrected chi connectivity index (χ1v) is 5.83. The molecule has 2 aromatic heterocycles. The summed E-state index contributed by atoms with van der Waals surface area (Å²) < 4.78 is 1.56. The van der Waals surface area contributed by atoms with Crippen LogP contribution in [-0.2, 0) is 0 Å². The van der Waals surface area contributed by atoms with Crippen LogP contribution in [0.2, 0.25) is 0 Å². The summed E-state index contributed by atoms with van der Waals surface area (Å²) in [5.74, 6) is -0.883. The van der Waals surface area contributed by atoms with Crippen LogP contribution in [0.4, 0.5) is 0 Å². The van der Waals surface area contributed by atoms with Crippen LogP contribution in [-0.4, -0.2) is 31.7 Å². The number of rotatable bonds is 3. The zero-order valence-corrected chi connectivity index (χ0v) is 10.2. The molecule has 0 aliphatic carbocycles. The third-order valence-electron chi connectivity index (χ3n) is 2.95. The Morgan fingerprint density at radius 3 is 2.80 bits per heavy atom. The predicted octanol–water partition coefficient (Wildman–Crippen LogP) is 1.91. The molecule has 0 saturated heterocycles. The Morgan fingerprint density at radius 1 is 1.25 bits per heavy atom. The third kappa shape index (κ3) is 1.74. The summed E-state index contributed by atoms with van der Waals surface area (Å²) in [4.78, 5) is 30.5. The lowest BCUT2D eigenvalue weighted by Gasteiger charge is -2.05. The Morgan fingerprint density at radius 2 is 2.05 bits per heavy atom. The number of fused-ring (bicyclic) bond motifs is 1. The lowest BCUT2D eigenvalue weighted by molar-refractivity contribution is 0.0692. The molecular formula is C14H9N3O3. The van der Waals surface area contributed by atoms with Crippen molar-refractivity contribution in [1.29, 1.82) is 0 Å². The zero-order valence-electron chi connectivity index (χ0n) is 10.2. The number of nitrogens with zero attached hydrogens (tertiary/aromatic N) is 3. The van der Waals surface area contributed by atoms with E-state index in [2.05, 4.69) is 9.97 Å². The van der Waals surface area contributed by atoms with Gasteiger partial charge < -0.3 is 5.11 Å². The summed E-state index contributed by atoms with van der Waals surface area (Å²) in [7, 11) is 0. The van der Waals surface area contributed by atoms with Crippen LogP contribution in [0.15, 0.2) is 42.7 Å². The Balaban J connectivity index is 2.42. The number of imidazole rings is 1. The van der Waals surface area contributed by atoms with Gasteiger partial charge in [0.1, 0.15) is 0 Å². The molecule has 0 saturated carbocycles. The molecule has 0 aliphatic rings. The summed E-state index contributed by atoms with van der Waals surface area (Å²) in [5, 5.41) is 9.30. The molecule has 20 heavy (non-hydrogen) atoms. The van der Waals surface area contributed by atoms with Crippen LogP contribution < -0.4 is 0 Å². The fourth-order valence-corrected chi connectivity index (χ4v) is 2.11. The van der Waals surface area contributed by atoms with E-state index in [1.165, 1.54) is 6.20 Å². The highest BCUT2D eigenvalue weighted by atomic mass is 16.4. The number of hydrogen-bond acceptors (Lipinski definition) is 4. The van der Waals surface area contributed by atoms with E-state index in [4.69, 9.17) is 0 Å². The first-order chi connectivity index (χ1) is 9.72. The molecule has 0 fully saturated rings. The van der Waals surface area contributed by atoms with Gasteiger partial charge in [-0.15, -0.1) is 0 Å². The molecule has 1 aromatic carbocycles. The molecule has 0 aliphatic heterocycles. The van der Waals surface area contributed by atoms with E-state index in [1.807, 2.05) is 0 Å². The fraction of sp³-hybridized carbons (Fsp3) is 0. The van der Waals surface area contributed by atoms with Crippen LogP contribution in [0.1, 0.15) is 20.8 Å². The predicted molar refractivity (Wildman–Crippen MR) is 70.8 cm³/mol. The van der Waals surface area contributed by atoms with Crippen molar-refractivity contribution in [3.8, 4) is 11.3 Å². The minimum absolute atomic E-state index is 0.127. The lowest BCUT2D eigenvalue weighted by atomic mass is 10.0. The van der Waals surface area contributed by atoms with Gasteiger partial charge >= 0.3 is 5.97 Å². The second-order valence-corrected chi connectivity index (χ2v) is 4.11. The van der Waals surface area contributed by atoms with Crippen molar-refractivity contribution in [3.63, 3.8) is 0 Å². The number of aldehydes is 1. The second-order valence-electron chi connectivity index (χ2n) is 4.11. The van der Waals surface area contributed by atoms with Crippen molar-refractivity contribution < 1.29 is 14.7 Å². The van der Waals surface area contributed by atoms with E-state index in [0.29, 0.717) is 23.1 Å². The summed E-state index contributed by atoms with van der Waals surface area (Å²) in [5.41, 5.74) is 1.14. The normalized spacial score (nSPS) is 10.6. The molecule has 0 amide bonds. The van der Waals surface area contributed by atoms with Crippen molar-refractivity contribution in [2.24, 2.45) is 0 Å². The van der Waals surface area contributed by atoms with Crippen LogP contribution in [0.5, 0.6) is 0 Å². The topological polar surface area (TPSA) is 84.6 Å². The first kappa shape index (κ1) is 12.0. The van der Waals surface area contributed by atoms with E-state index in [-0.39, 0.29) is 11.5 Å². The summed E-state index contributed by atoms with van der Waals surface area (Å²) in [6, 6.07) is 8.45. The average Bonchev–Trinajstić information content (AvgIpc) is 2.86. The molecule has 0 spiro atoms. The zero-order chi connectivity index (χ0) is 14.1. The number of carboxylic acids is 1. The average molecular weight is 267 g/mol. The van der Waals surface area contributed by atoms with Crippen LogP contribution in [0, 0.1) is 0 Å². The van der Waals surface area contributed by atoms with E-state index in [1.54, 1.807) is 40.9 Å². The quantitative estimate of drug-likeness (QED) is 0.733. The van der Waals surface area contributed by atoms with Gasteiger partial charge in [0.2, 0.25) is 5.78 Å². The SMILES string of the molecule is O=Cc1ccccc1-c1c(C(=O)O)nc2ncccn12. The molecule has 0 unspecified atom stereocenters. The largest absolute Gasteiger partial charge is 0.476 e. The van der Waals surface area contributed by atoms with Crippen LogP contribution in [0.3, 0.4) is 0 Å².